The van der Waals surface area contributed by atoms with E-state index in [1.54, 1.807) is 12.1 Å². The van der Waals surface area contributed by atoms with Crippen molar-refractivity contribution >= 4 is 11.6 Å². The average Bonchev–Trinajstić information content (AvgIpc) is 2.42. The summed E-state index contributed by atoms with van der Waals surface area (Å²) in [5, 5.41) is 3.03. The number of para-hydroxylation sites is 2. The van der Waals surface area contributed by atoms with E-state index in [-0.39, 0.29) is 11.9 Å². The molecule has 0 bridgehead atoms. The highest BCUT2D eigenvalue weighted by Gasteiger charge is 2.15. The van der Waals surface area contributed by atoms with Crippen molar-refractivity contribution < 1.29 is 9.53 Å². The summed E-state index contributed by atoms with van der Waals surface area (Å²) < 4.78 is 5.52. The maximum absolute atomic E-state index is 11.8. The van der Waals surface area contributed by atoms with Crippen LogP contribution in [0.1, 0.15) is 40.0 Å². The van der Waals surface area contributed by atoms with Gasteiger partial charge in [-0.15, -0.1) is 0 Å². The van der Waals surface area contributed by atoms with Crippen LogP contribution in [-0.2, 0) is 4.79 Å². The molecule has 1 aromatic rings. The Bertz CT molecular complexity index is 417. The van der Waals surface area contributed by atoms with Crippen LogP contribution < -0.4 is 15.8 Å². The number of hydrogen-bond donors (Lipinski definition) is 2. The molecule has 3 N–H and O–H groups in total. The van der Waals surface area contributed by atoms with Gasteiger partial charge < -0.3 is 15.8 Å². The molecule has 0 saturated carbocycles. The standard InChI is InChI=1S/C16H26N2O2/c1-4-13(5-2)12(3)18-16(19)10-11-20-15-9-7-6-8-14(15)17/h6-9,12-13H,4-5,10-11,17H2,1-3H3,(H,18,19). The summed E-state index contributed by atoms with van der Waals surface area (Å²) in [6.45, 7) is 6.71. The summed E-state index contributed by atoms with van der Waals surface area (Å²) in [7, 11) is 0. The van der Waals surface area contributed by atoms with E-state index < -0.39 is 0 Å². The number of nitrogens with one attached hydrogen (secondary N) is 1. The van der Waals surface area contributed by atoms with Crippen LogP contribution in [0.3, 0.4) is 0 Å². The fourth-order valence-electron chi connectivity index (χ4n) is 2.31. The van der Waals surface area contributed by atoms with E-state index in [4.69, 9.17) is 10.5 Å². The molecule has 0 saturated heterocycles. The van der Waals surface area contributed by atoms with E-state index >= 15 is 0 Å². The quantitative estimate of drug-likeness (QED) is 0.718. The summed E-state index contributed by atoms with van der Waals surface area (Å²) in [6.07, 6.45) is 2.50. The molecule has 0 aromatic heterocycles. The Morgan fingerprint density at radius 3 is 2.55 bits per heavy atom. The second-order valence-corrected chi connectivity index (χ2v) is 5.07. The maximum atomic E-state index is 11.8. The van der Waals surface area contributed by atoms with Gasteiger partial charge in [-0.05, 0) is 25.0 Å². The van der Waals surface area contributed by atoms with Crippen LogP contribution in [0.2, 0.25) is 0 Å². The summed E-state index contributed by atoms with van der Waals surface area (Å²) in [5.41, 5.74) is 6.36. The van der Waals surface area contributed by atoms with Crippen LogP contribution in [0.15, 0.2) is 24.3 Å². The molecule has 112 valence electrons. The smallest absolute Gasteiger partial charge is 0.223 e. The van der Waals surface area contributed by atoms with E-state index in [2.05, 4.69) is 26.1 Å². The largest absolute Gasteiger partial charge is 0.491 e. The molecule has 0 aliphatic carbocycles. The van der Waals surface area contributed by atoms with Gasteiger partial charge in [0.05, 0.1) is 18.7 Å². The molecule has 1 unspecified atom stereocenters. The van der Waals surface area contributed by atoms with Gasteiger partial charge in [-0.25, -0.2) is 0 Å². The summed E-state index contributed by atoms with van der Waals surface area (Å²) >= 11 is 0. The van der Waals surface area contributed by atoms with E-state index in [1.165, 1.54) is 0 Å². The fourth-order valence-corrected chi connectivity index (χ4v) is 2.31. The molecule has 0 radical (unpaired) electrons. The molecule has 0 heterocycles. The molecule has 1 rings (SSSR count). The molecule has 1 atom stereocenters. The average molecular weight is 278 g/mol. The number of amides is 1. The summed E-state index contributed by atoms with van der Waals surface area (Å²) in [6, 6.07) is 7.51. The second kappa shape index (κ2) is 8.46. The van der Waals surface area contributed by atoms with Crippen LogP contribution in [-0.4, -0.2) is 18.6 Å². The van der Waals surface area contributed by atoms with Crippen LogP contribution in [0, 0.1) is 5.92 Å². The second-order valence-electron chi connectivity index (χ2n) is 5.07. The Morgan fingerprint density at radius 1 is 1.30 bits per heavy atom. The highest BCUT2D eigenvalue weighted by Crippen LogP contribution is 2.19. The van der Waals surface area contributed by atoms with Gasteiger partial charge in [0.15, 0.2) is 0 Å². The summed E-state index contributed by atoms with van der Waals surface area (Å²) in [5.74, 6) is 1.19. The maximum Gasteiger partial charge on any atom is 0.223 e. The monoisotopic (exact) mass is 278 g/mol. The van der Waals surface area contributed by atoms with Crippen LogP contribution >= 0.6 is 0 Å². The van der Waals surface area contributed by atoms with Crippen molar-refractivity contribution in [3.8, 4) is 5.75 Å². The van der Waals surface area contributed by atoms with Gasteiger partial charge >= 0.3 is 0 Å². The van der Waals surface area contributed by atoms with Gasteiger partial charge in [-0.2, -0.15) is 0 Å². The number of hydrogen-bond acceptors (Lipinski definition) is 3. The van der Waals surface area contributed by atoms with Gasteiger partial charge in [0.1, 0.15) is 5.75 Å². The lowest BCUT2D eigenvalue weighted by atomic mass is 9.95. The Hall–Kier alpha value is -1.71. The highest BCUT2D eigenvalue weighted by molar-refractivity contribution is 5.76. The lowest BCUT2D eigenvalue weighted by Gasteiger charge is -2.22. The molecule has 4 heteroatoms. The fraction of sp³-hybridized carbons (Fsp3) is 0.562. The Kier molecular flexibility index (Phi) is 6.91. The normalized spacial score (nSPS) is 12.2. The predicted octanol–water partition coefficient (Wildman–Crippen LogP) is 2.98. The van der Waals surface area contributed by atoms with Gasteiger partial charge in [0.2, 0.25) is 5.91 Å². The number of rotatable bonds is 8. The molecule has 0 aliphatic rings. The third kappa shape index (κ3) is 5.11. The molecule has 4 nitrogen and oxygen atoms in total. The molecule has 1 amide bonds. The molecule has 20 heavy (non-hydrogen) atoms. The lowest BCUT2D eigenvalue weighted by molar-refractivity contribution is -0.122. The molecular formula is C16H26N2O2. The first-order chi connectivity index (χ1) is 9.58. The minimum atomic E-state index is 0.0268. The zero-order valence-electron chi connectivity index (χ0n) is 12.7. The van der Waals surface area contributed by atoms with E-state index in [9.17, 15) is 4.79 Å². The van der Waals surface area contributed by atoms with Crippen LogP contribution in [0.5, 0.6) is 5.75 Å². The van der Waals surface area contributed by atoms with E-state index in [1.807, 2.05) is 12.1 Å². The first-order valence-corrected chi connectivity index (χ1v) is 7.35. The SMILES string of the molecule is CCC(CC)C(C)NC(=O)CCOc1ccccc1N. The van der Waals surface area contributed by atoms with E-state index in [0.717, 1.165) is 12.8 Å². The zero-order chi connectivity index (χ0) is 15.0. The lowest BCUT2D eigenvalue weighted by Crippen LogP contribution is -2.38. The number of nitrogen functional groups attached to an aromatic ring is 1. The highest BCUT2D eigenvalue weighted by atomic mass is 16.5. The molecular weight excluding hydrogens is 252 g/mol. The van der Waals surface area contributed by atoms with Gasteiger partial charge in [0.25, 0.3) is 0 Å². The Morgan fingerprint density at radius 2 is 1.95 bits per heavy atom. The Labute approximate surface area is 121 Å². The minimum absolute atomic E-state index is 0.0268. The summed E-state index contributed by atoms with van der Waals surface area (Å²) in [4.78, 5) is 11.8. The van der Waals surface area contributed by atoms with Crippen LogP contribution in [0.4, 0.5) is 5.69 Å². The van der Waals surface area contributed by atoms with Gasteiger partial charge in [0, 0.05) is 6.04 Å². The van der Waals surface area contributed by atoms with Crippen molar-refractivity contribution in [2.45, 2.75) is 46.1 Å². The first kappa shape index (κ1) is 16.3. The number of carbonyl (C=O) groups excluding carboxylic acids is 1. The number of anilines is 1. The first-order valence-electron chi connectivity index (χ1n) is 7.35. The number of nitrogens with two attached hydrogens (primary N) is 1. The van der Waals surface area contributed by atoms with Crippen LogP contribution in [0.25, 0.3) is 0 Å². The van der Waals surface area contributed by atoms with Crippen molar-refractivity contribution in [1.29, 1.82) is 0 Å². The van der Waals surface area contributed by atoms with Crippen molar-refractivity contribution in [1.82, 2.24) is 5.32 Å². The Balaban J connectivity index is 2.32. The third-order valence-electron chi connectivity index (χ3n) is 3.65. The number of carbonyl (C=O) groups is 1. The third-order valence-corrected chi connectivity index (χ3v) is 3.65. The zero-order valence-corrected chi connectivity index (χ0v) is 12.7. The topological polar surface area (TPSA) is 64.3 Å². The van der Waals surface area contributed by atoms with E-state index in [0.29, 0.717) is 30.4 Å². The van der Waals surface area contributed by atoms with Gasteiger partial charge in [-0.1, -0.05) is 38.8 Å². The number of benzene rings is 1. The predicted molar refractivity (Wildman–Crippen MR) is 82.6 cm³/mol. The molecule has 0 fully saturated rings. The van der Waals surface area contributed by atoms with Crippen molar-refractivity contribution in [3.63, 3.8) is 0 Å². The molecule has 0 spiro atoms. The van der Waals surface area contributed by atoms with Crippen molar-refractivity contribution in [2.75, 3.05) is 12.3 Å². The van der Waals surface area contributed by atoms with Gasteiger partial charge in [-0.3, -0.25) is 4.79 Å². The number of ether oxygens (including phenoxy) is 1. The van der Waals surface area contributed by atoms with Crippen molar-refractivity contribution in [2.24, 2.45) is 5.92 Å². The molecule has 1 aromatic carbocycles. The van der Waals surface area contributed by atoms with Crippen molar-refractivity contribution in [3.05, 3.63) is 24.3 Å². The molecule has 0 aliphatic heterocycles. The minimum Gasteiger partial charge on any atom is -0.491 e.